The summed E-state index contributed by atoms with van der Waals surface area (Å²) in [6.45, 7) is -0.167. The van der Waals surface area contributed by atoms with Gasteiger partial charge in [0.05, 0.1) is 5.75 Å². The first-order valence-corrected chi connectivity index (χ1v) is 10.5. The maximum absolute atomic E-state index is 11.9. The lowest BCUT2D eigenvalue weighted by Gasteiger charge is -2.05. The van der Waals surface area contributed by atoms with Crippen molar-refractivity contribution in [3.8, 4) is 5.75 Å². The number of anilines is 2. The van der Waals surface area contributed by atoms with Crippen molar-refractivity contribution in [1.29, 1.82) is 0 Å². The predicted molar refractivity (Wildman–Crippen MR) is 107 cm³/mol. The molecule has 0 aliphatic heterocycles. The zero-order chi connectivity index (χ0) is 19.1. The third-order valence-corrected chi connectivity index (χ3v) is 5.75. The van der Waals surface area contributed by atoms with E-state index < -0.39 is 0 Å². The molecule has 2 amide bonds. The van der Waals surface area contributed by atoms with Crippen LogP contribution in [0.5, 0.6) is 5.75 Å². The van der Waals surface area contributed by atoms with E-state index in [0.29, 0.717) is 25.4 Å². The van der Waals surface area contributed by atoms with Gasteiger partial charge in [0.2, 0.25) is 11.0 Å². The Kier molecular flexibility index (Phi) is 6.98. The molecule has 1 aromatic carbocycles. The number of halogens is 1. The summed E-state index contributed by atoms with van der Waals surface area (Å²) in [6, 6.07) is 6.69. The van der Waals surface area contributed by atoms with Gasteiger partial charge < -0.3 is 10.1 Å². The van der Waals surface area contributed by atoms with E-state index in [1.54, 1.807) is 35.8 Å². The number of carbonyl (C=O) groups excluding carboxylic acids is 2. The Bertz CT molecular complexity index is 902. The number of carbonyl (C=O) groups is 2. The number of hydrogen-bond acceptors (Lipinski definition) is 9. The van der Waals surface area contributed by atoms with Gasteiger partial charge in [0.25, 0.3) is 5.91 Å². The standard InChI is InChI=1S/C15H12ClN5O3S3/c16-9-1-3-10(4-2-9)24-7-11(22)18-14-20-21-15(27-14)26-8-12(23)19-13-17-5-6-25-13/h1-6H,7-8H2,(H,17,19,23)(H,18,20,22). The topological polar surface area (TPSA) is 106 Å². The Morgan fingerprint density at radius 2 is 1.89 bits per heavy atom. The molecule has 0 saturated heterocycles. The van der Waals surface area contributed by atoms with Crippen LogP contribution in [0.2, 0.25) is 5.02 Å². The molecule has 27 heavy (non-hydrogen) atoms. The van der Waals surface area contributed by atoms with E-state index in [4.69, 9.17) is 16.3 Å². The Morgan fingerprint density at radius 3 is 2.63 bits per heavy atom. The molecule has 0 atom stereocenters. The first-order valence-electron chi connectivity index (χ1n) is 7.42. The van der Waals surface area contributed by atoms with Crippen molar-refractivity contribution in [3.63, 3.8) is 0 Å². The van der Waals surface area contributed by atoms with Crippen molar-refractivity contribution in [2.24, 2.45) is 0 Å². The Balaban J connectivity index is 1.41. The van der Waals surface area contributed by atoms with Crippen LogP contribution in [-0.4, -0.2) is 39.4 Å². The van der Waals surface area contributed by atoms with E-state index in [2.05, 4.69) is 25.8 Å². The number of thioether (sulfide) groups is 1. The summed E-state index contributed by atoms with van der Waals surface area (Å²) < 4.78 is 5.92. The summed E-state index contributed by atoms with van der Waals surface area (Å²) in [5.74, 6) is 0.155. The van der Waals surface area contributed by atoms with Crippen LogP contribution < -0.4 is 15.4 Å². The van der Waals surface area contributed by atoms with Crippen molar-refractivity contribution in [1.82, 2.24) is 15.2 Å². The summed E-state index contributed by atoms with van der Waals surface area (Å²) >= 11 is 9.53. The van der Waals surface area contributed by atoms with Crippen molar-refractivity contribution in [2.45, 2.75) is 4.34 Å². The number of rotatable bonds is 8. The van der Waals surface area contributed by atoms with E-state index in [0.717, 1.165) is 0 Å². The van der Waals surface area contributed by atoms with Crippen LogP contribution in [-0.2, 0) is 9.59 Å². The van der Waals surface area contributed by atoms with Crippen LogP contribution in [0.25, 0.3) is 0 Å². The number of benzene rings is 1. The lowest BCUT2D eigenvalue weighted by atomic mass is 10.3. The molecule has 0 aliphatic carbocycles. The number of amides is 2. The lowest BCUT2D eigenvalue weighted by Crippen LogP contribution is -2.20. The lowest BCUT2D eigenvalue weighted by molar-refractivity contribution is -0.118. The molecule has 2 aromatic heterocycles. The first-order chi connectivity index (χ1) is 13.1. The van der Waals surface area contributed by atoms with Gasteiger partial charge in [-0.05, 0) is 24.3 Å². The Labute approximate surface area is 171 Å². The van der Waals surface area contributed by atoms with Gasteiger partial charge >= 0.3 is 0 Å². The molecule has 0 bridgehead atoms. The molecular formula is C15H12ClN5O3S3. The van der Waals surface area contributed by atoms with Crippen LogP contribution >= 0.6 is 46.0 Å². The Hall–Kier alpha value is -2.21. The van der Waals surface area contributed by atoms with E-state index in [9.17, 15) is 9.59 Å². The second kappa shape index (κ2) is 9.65. The van der Waals surface area contributed by atoms with Crippen LogP contribution in [0, 0.1) is 0 Å². The van der Waals surface area contributed by atoms with E-state index in [-0.39, 0.29) is 24.2 Å². The van der Waals surface area contributed by atoms with Gasteiger partial charge in [-0.25, -0.2) is 4.98 Å². The number of ether oxygens (including phenoxy) is 1. The molecule has 2 N–H and O–H groups in total. The van der Waals surface area contributed by atoms with Gasteiger partial charge in [-0.15, -0.1) is 21.5 Å². The average Bonchev–Trinajstić information content (AvgIpc) is 3.31. The fourth-order valence-corrected chi connectivity index (χ4v) is 3.96. The summed E-state index contributed by atoms with van der Waals surface area (Å²) in [6.07, 6.45) is 1.61. The number of nitrogens with zero attached hydrogens (tertiary/aromatic N) is 3. The fraction of sp³-hybridized carbons (Fsp3) is 0.133. The van der Waals surface area contributed by atoms with Crippen LogP contribution in [0.15, 0.2) is 40.2 Å². The van der Waals surface area contributed by atoms with Crippen LogP contribution in [0.4, 0.5) is 10.3 Å². The zero-order valence-electron chi connectivity index (χ0n) is 13.5. The van der Waals surface area contributed by atoms with Gasteiger partial charge in [0, 0.05) is 16.6 Å². The average molecular weight is 442 g/mol. The van der Waals surface area contributed by atoms with Crippen LogP contribution in [0.3, 0.4) is 0 Å². The van der Waals surface area contributed by atoms with E-state index in [1.165, 1.54) is 34.4 Å². The number of nitrogens with one attached hydrogen (secondary N) is 2. The molecule has 0 spiro atoms. The van der Waals surface area contributed by atoms with Gasteiger partial charge in [-0.1, -0.05) is 34.7 Å². The highest BCUT2D eigenvalue weighted by Crippen LogP contribution is 2.25. The summed E-state index contributed by atoms with van der Waals surface area (Å²) in [7, 11) is 0. The van der Waals surface area contributed by atoms with Crippen molar-refractivity contribution in [2.75, 3.05) is 23.0 Å². The first kappa shape index (κ1) is 19.5. The molecule has 3 rings (SSSR count). The van der Waals surface area contributed by atoms with Gasteiger partial charge in [0.15, 0.2) is 16.1 Å². The summed E-state index contributed by atoms with van der Waals surface area (Å²) in [4.78, 5) is 27.7. The third-order valence-electron chi connectivity index (χ3n) is 2.84. The zero-order valence-corrected chi connectivity index (χ0v) is 16.8. The smallest absolute Gasteiger partial charge is 0.264 e. The molecule has 0 unspecified atom stereocenters. The monoisotopic (exact) mass is 441 g/mol. The molecule has 3 aromatic rings. The second-order valence-corrected chi connectivity index (χ2v) is 8.37. The van der Waals surface area contributed by atoms with Gasteiger partial charge in [-0.3, -0.25) is 14.9 Å². The summed E-state index contributed by atoms with van der Waals surface area (Å²) in [5, 5.41) is 16.3. The highest BCUT2D eigenvalue weighted by atomic mass is 35.5. The van der Waals surface area contributed by atoms with Crippen molar-refractivity contribution < 1.29 is 14.3 Å². The Morgan fingerprint density at radius 1 is 1.11 bits per heavy atom. The quantitative estimate of drug-likeness (QED) is 0.407. The molecular weight excluding hydrogens is 430 g/mol. The minimum Gasteiger partial charge on any atom is -0.484 e. The maximum Gasteiger partial charge on any atom is 0.264 e. The number of hydrogen-bond donors (Lipinski definition) is 2. The third kappa shape index (κ3) is 6.47. The SMILES string of the molecule is O=C(CSc1nnc(NC(=O)COc2ccc(Cl)cc2)s1)Nc1nccs1. The van der Waals surface area contributed by atoms with Crippen LogP contribution in [0.1, 0.15) is 0 Å². The van der Waals surface area contributed by atoms with E-state index >= 15 is 0 Å². The minimum absolute atomic E-state index is 0.167. The molecule has 0 fully saturated rings. The maximum atomic E-state index is 11.9. The molecule has 0 aliphatic rings. The molecule has 2 heterocycles. The summed E-state index contributed by atoms with van der Waals surface area (Å²) in [5.41, 5.74) is 0. The van der Waals surface area contributed by atoms with E-state index in [1.807, 2.05) is 0 Å². The number of thiazole rings is 1. The normalized spacial score (nSPS) is 10.4. The van der Waals surface area contributed by atoms with Gasteiger partial charge in [0.1, 0.15) is 5.75 Å². The van der Waals surface area contributed by atoms with Crippen molar-refractivity contribution in [3.05, 3.63) is 40.9 Å². The van der Waals surface area contributed by atoms with Crippen molar-refractivity contribution >= 4 is 68.1 Å². The minimum atomic E-state index is -0.362. The predicted octanol–water partition coefficient (Wildman–Crippen LogP) is 3.40. The molecule has 8 nitrogen and oxygen atoms in total. The molecule has 0 radical (unpaired) electrons. The number of aromatic nitrogens is 3. The second-order valence-electron chi connectivity index (χ2n) is 4.84. The molecule has 12 heteroatoms. The fourth-order valence-electron chi connectivity index (χ4n) is 1.72. The van der Waals surface area contributed by atoms with Gasteiger partial charge in [-0.2, -0.15) is 0 Å². The highest BCUT2D eigenvalue weighted by Gasteiger charge is 2.11. The molecule has 0 saturated carbocycles. The largest absolute Gasteiger partial charge is 0.484 e. The molecule has 140 valence electrons. The highest BCUT2D eigenvalue weighted by molar-refractivity contribution is 8.01.